The van der Waals surface area contributed by atoms with Gasteiger partial charge in [-0.1, -0.05) is 6.92 Å². The van der Waals surface area contributed by atoms with E-state index in [1.54, 1.807) is 6.92 Å². The number of hydrogen-bond donors (Lipinski definition) is 3. The summed E-state index contributed by atoms with van der Waals surface area (Å²) < 4.78 is 78.8. The van der Waals surface area contributed by atoms with Crippen LogP contribution in [0.1, 0.15) is 47.0 Å². The molecule has 3 unspecified atom stereocenters. The van der Waals surface area contributed by atoms with Crippen LogP contribution in [0, 0.1) is 10.8 Å². The molecule has 184 valence electrons. The normalized spacial score (nSPS) is 17.3. The van der Waals surface area contributed by atoms with Crippen molar-refractivity contribution < 1.29 is 50.3 Å². The first kappa shape index (κ1) is 29.6. The molecule has 0 saturated heterocycles. The van der Waals surface area contributed by atoms with Crippen LogP contribution in [0.5, 0.6) is 0 Å². The number of carbonyl (C=O) groups is 2. The standard InChI is InChI=1S/C18H32F3NO8S/c1-5-16(3,14(24)30-9-7-23)11-17(4,10-13(2)31(26,27)28)15(25)29-8-6-22-12-18(19,20)21/h13,22-23H,5-12H2,1-4H3,(H,26,27,28). The van der Waals surface area contributed by atoms with Crippen LogP contribution in [0.4, 0.5) is 13.2 Å². The molecule has 0 aliphatic heterocycles. The Morgan fingerprint density at radius 2 is 1.58 bits per heavy atom. The molecule has 9 nitrogen and oxygen atoms in total. The quantitative estimate of drug-likeness (QED) is 0.193. The summed E-state index contributed by atoms with van der Waals surface area (Å²) in [7, 11) is -4.51. The summed E-state index contributed by atoms with van der Waals surface area (Å²) >= 11 is 0. The van der Waals surface area contributed by atoms with Gasteiger partial charge in [-0.2, -0.15) is 21.6 Å². The van der Waals surface area contributed by atoms with Crippen molar-refractivity contribution in [1.82, 2.24) is 5.32 Å². The molecule has 0 saturated carbocycles. The first-order valence-electron chi connectivity index (χ1n) is 9.70. The molecule has 0 aliphatic rings. The van der Waals surface area contributed by atoms with E-state index in [-0.39, 0.29) is 26.0 Å². The predicted molar refractivity (Wildman–Crippen MR) is 105 cm³/mol. The summed E-state index contributed by atoms with van der Waals surface area (Å²) in [5, 5.41) is 9.54. The fourth-order valence-corrected chi connectivity index (χ4v) is 3.68. The van der Waals surface area contributed by atoms with Gasteiger partial charge in [0, 0.05) is 6.54 Å². The molecule has 0 aromatic rings. The van der Waals surface area contributed by atoms with E-state index in [2.05, 4.69) is 5.32 Å². The van der Waals surface area contributed by atoms with Gasteiger partial charge in [0.15, 0.2) is 0 Å². The zero-order valence-corrected chi connectivity index (χ0v) is 18.9. The van der Waals surface area contributed by atoms with E-state index in [1.807, 2.05) is 0 Å². The maximum Gasteiger partial charge on any atom is 0.401 e. The topological polar surface area (TPSA) is 139 Å². The first-order valence-corrected chi connectivity index (χ1v) is 11.2. The number of hydrogen-bond acceptors (Lipinski definition) is 8. The van der Waals surface area contributed by atoms with E-state index in [0.29, 0.717) is 0 Å². The number of esters is 2. The van der Waals surface area contributed by atoms with Gasteiger partial charge < -0.3 is 19.9 Å². The van der Waals surface area contributed by atoms with Crippen LogP contribution in [0.25, 0.3) is 0 Å². The summed E-state index contributed by atoms with van der Waals surface area (Å²) in [4.78, 5) is 25.2. The molecule has 0 aromatic carbocycles. The Balaban J connectivity index is 5.49. The molecule has 0 bridgehead atoms. The first-order chi connectivity index (χ1) is 14.0. The van der Waals surface area contributed by atoms with E-state index in [4.69, 9.17) is 14.6 Å². The molecule has 3 atom stereocenters. The van der Waals surface area contributed by atoms with Crippen molar-refractivity contribution in [3.8, 4) is 0 Å². The van der Waals surface area contributed by atoms with Crippen molar-refractivity contribution in [3.63, 3.8) is 0 Å². The summed E-state index contributed by atoms with van der Waals surface area (Å²) in [6, 6.07) is 0. The summed E-state index contributed by atoms with van der Waals surface area (Å²) in [6.07, 6.45) is -4.84. The number of carbonyl (C=O) groups excluding carboxylic acids is 2. The highest BCUT2D eigenvalue weighted by molar-refractivity contribution is 7.86. The number of nitrogens with one attached hydrogen (secondary N) is 1. The van der Waals surface area contributed by atoms with Crippen LogP contribution in [0.15, 0.2) is 0 Å². The van der Waals surface area contributed by atoms with Crippen molar-refractivity contribution >= 4 is 22.1 Å². The van der Waals surface area contributed by atoms with E-state index >= 15 is 0 Å². The molecule has 3 N–H and O–H groups in total. The number of alkyl halides is 3. The van der Waals surface area contributed by atoms with Crippen LogP contribution < -0.4 is 5.32 Å². The average Bonchev–Trinajstić information content (AvgIpc) is 2.63. The summed E-state index contributed by atoms with van der Waals surface area (Å²) in [6.45, 7) is 3.04. The highest BCUT2D eigenvalue weighted by atomic mass is 32.2. The monoisotopic (exact) mass is 479 g/mol. The molecular formula is C18H32F3NO8S. The minimum atomic E-state index is -4.51. The van der Waals surface area contributed by atoms with Crippen molar-refractivity contribution in [3.05, 3.63) is 0 Å². The minimum absolute atomic E-state index is 0.202. The van der Waals surface area contributed by atoms with Crippen molar-refractivity contribution in [2.24, 2.45) is 10.8 Å². The number of halogens is 3. The Morgan fingerprint density at radius 1 is 1.06 bits per heavy atom. The third kappa shape index (κ3) is 10.6. The molecule has 0 fully saturated rings. The van der Waals surface area contributed by atoms with Gasteiger partial charge in [0.05, 0.1) is 29.2 Å². The van der Waals surface area contributed by atoms with E-state index in [1.165, 1.54) is 20.8 Å². The Kier molecular flexibility index (Phi) is 11.4. The molecule has 31 heavy (non-hydrogen) atoms. The summed E-state index contributed by atoms with van der Waals surface area (Å²) in [5.74, 6) is -1.64. The van der Waals surface area contributed by atoms with Gasteiger partial charge in [-0.15, -0.1) is 0 Å². The molecule has 0 amide bonds. The van der Waals surface area contributed by atoms with Gasteiger partial charge >= 0.3 is 18.1 Å². The zero-order chi connectivity index (χ0) is 24.5. The largest absolute Gasteiger partial charge is 0.464 e. The molecule has 0 heterocycles. The maximum absolute atomic E-state index is 12.8. The highest BCUT2D eigenvalue weighted by Gasteiger charge is 2.47. The third-order valence-electron chi connectivity index (χ3n) is 4.95. The molecule has 0 aromatic heterocycles. The Morgan fingerprint density at radius 3 is 2.03 bits per heavy atom. The second-order valence-electron chi connectivity index (χ2n) is 7.97. The van der Waals surface area contributed by atoms with Gasteiger partial charge in [0.25, 0.3) is 10.1 Å². The molecule has 0 spiro atoms. The van der Waals surface area contributed by atoms with Crippen molar-refractivity contribution in [1.29, 1.82) is 0 Å². The summed E-state index contributed by atoms with van der Waals surface area (Å²) in [5.41, 5.74) is -2.83. The third-order valence-corrected chi connectivity index (χ3v) is 6.14. The fourth-order valence-electron chi connectivity index (χ4n) is 3.10. The van der Waals surface area contributed by atoms with E-state index in [0.717, 1.165) is 0 Å². The second kappa shape index (κ2) is 12.0. The van der Waals surface area contributed by atoms with Crippen LogP contribution >= 0.6 is 0 Å². The van der Waals surface area contributed by atoms with Gasteiger partial charge in [0.2, 0.25) is 0 Å². The SMILES string of the molecule is CCC(C)(CC(C)(CC(C)S(=O)(=O)O)C(=O)OCCNCC(F)(F)F)C(=O)OCCO. The fraction of sp³-hybridized carbons (Fsp3) is 0.889. The number of rotatable bonds is 14. The van der Waals surface area contributed by atoms with Crippen molar-refractivity contribution in [2.75, 3.05) is 32.9 Å². The molecule has 0 radical (unpaired) electrons. The molecule has 0 rings (SSSR count). The predicted octanol–water partition coefficient (Wildman–Crippen LogP) is 1.70. The highest BCUT2D eigenvalue weighted by Crippen LogP contribution is 2.42. The molecule has 0 aliphatic carbocycles. The lowest BCUT2D eigenvalue weighted by molar-refractivity contribution is -0.165. The Bertz CT molecular complexity index is 700. The molecular weight excluding hydrogens is 447 g/mol. The second-order valence-corrected chi connectivity index (χ2v) is 9.80. The van der Waals surface area contributed by atoms with Gasteiger partial charge in [-0.05, 0) is 40.0 Å². The lowest BCUT2D eigenvalue weighted by atomic mass is 9.69. The maximum atomic E-state index is 12.8. The van der Waals surface area contributed by atoms with Crippen LogP contribution in [0.3, 0.4) is 0 Å². The number of ether oxygens (including phenoxy) is 2. The van der Waals surface area contributed by atoms with Gasteiger partial charge in [-0.3, -0.25) is 14.1 Å². The van der Waals surface area contributed by atoms with E-state index < -0.39 is 70.5 Å². The number of aliphatic hydroxyl groups is 1. The van der Waals surface area contributed by atoms with E-state index in [9.17, 15) is 35.7 Å². The Hall–Kier alpha value is -1.44. The van der Waals surface area contributed by atoms with Crippen LogP contribution in [-0.4, -0.2) is 74.4 Å². The lowest BCUT2D eigenvalue weighted by Crippen LogP contribution is -2.43. The van der Waals surface area contributed by atoms with Gasteiger partial charge in [-0.25, -0.2) is 0 Å². The Labute approximate surface area is 180 Å². The number of aliphatic hydroxyl groups excluding tert-OH is 1. The zero-order valence-electron chi connectivity index (χ0n) is 18.1. The van der Waals surface area contributed by atoms with Gasteiger partial charge in [0.1, 0.15) is 13.2 Å². The van der Waals surface area contributed by atoms with Crippen molar-refractivity contribution in [2.45, 2.75) is 58.4 Å². The lowest BCUT2D eigenvalue weighted by Gasteiger charge is -2.37. The van der Waals surface area contributed by atoms with Crippen LogP contribution in [-0.2, 0) is 29.2 Å². The average molecular weight is 480 g/mol. The molecule has 13 heteroatoms. The van der Waals surface area contributed by atoms with Crippen LogP contribution in [0.2, 0.25) is 0 Å². The smallest absolute Gasteiger partial charge is 0.401 e. The minimum Gasteiger partial charge on any atom is -0.464 e.